The average molecular weight is 203 g/mol. The van der Waals surface area contributed by atoms with Crippen molar-refractivity contribution >= 4 is 0 Å². The standard InChI is InChI=1S/C8H8F3N3/c9-8(10,11)7-3-6-14(13-7)5-2-1-4-12/h3,6H,1-2,5H2. The first-order chi connectivity index (χ1) is 6.54. The smallest absolute Gasteiger partial charge is 0.272 e. The van der Waals surface area contributed by atoms with Gasteiger partial charge < -0.3 is 0 Å². The lowest BCUT2D eigenvalue weighted by atomic mass is 10.3. The molecule has 0 aliphatic carbocycles. The summed E-state index contributed by atoms with van der Waals surface area (Å²) >= 11 is 0. The molecule has 0 N–H and O–H groups in total. The minimum Gasteiger partial charge on any atom is -0.272 e. The third-order valence-corrected chi connectivity index (χ3v) is 1.61. The maximum absolute atomic E-state index is 12.1. The second-order valence-corrected chi connectivity index (χ2v) is 2.72. The molecule has 0 bridgehead atoms. The van der Waals surface area contributed by atoms with Gasteiger partial charge in [-0.15, -0.1) is 0 Å². The van der Waals surface area contributed by atoms with Crippen molar-refractivity contribution in [3.05, 3.63) is 18.0 Å². The predicted molar refractivity (Wildman–Crippen MR) is 42.1 cm³/mol. The zero-order valence-corrected chi connectivity index (χ0v) is 7.25. The number of hydrogen-bond acceptors (Lipinski definition) is 2. The second-order valence-electron chi connectivity index (χ2n) is 2.72. The Balaban J connectivity index is 2.57. The normalized spacial score (nSPS) is 11.3. The zero-order chi connectivity index (χ0) is 10.6. The molecule has 1 rings (SSSR count). The number of aryl methyl sites for hydroxylation is 1. The molecule has 0 atom stereocenters. The van der Waals surface area contributed by atoms with Crippen LogP contribution in [-0.4, -0.2) is 9.78 Å². The Morgan fingerprint density at radius 3 is 2.71 bits per heavy atom. The van der Waals surface area contributed by atoms with Gasteiger partial charge >= 0.3 is 6.18 Å². The van der Waals surface area contributed by atoms with E-state index in [1.165, 1.54) is 10.9 Å². The van der Waals surface area contributed by atoms with E-state index in [1.807, 2.05) is 6.07 Å². The third kappa shape index (κ3) is 2.76. The lowest BCUT2D eigenvalue weighted by Gasteiger charge is -2.01. The molecule has 14 heavy (non-hydrogen) atoms. The lowest BCUT2D eigenvalue weighted by Crippen LogP contribution is -2.08. The van der Waals surface area contributed by atoms with Gasteiger partial charge in [-0.2, -0.15) is 23.5 Å². The molecule has 0 fully saturated rings. The molecule has 1 aromatic heterocycles. The summed E-state index contributed by atoms with van der Waals surface area (Å²) in [6.07, 6.45) is -2.29. The number of rotatable bonds is 3. The molecule has 0 spiro atoms. The average Bonchev–Trinajstić information content (AvgIpc) is 2.52. The largest absolute Gasteiger partial charge is 0.435 e. The molecule has 0 saturated carbocycles. The second kappa shape index (κ2) is 4.13. The highest BCUT2D eigenvalue weighted by Crippen LogP contribution is 2.27. The van der Waals surface area contributed by atoms with Crippen LogP contribution in [0, 0.1) is 11.3 Å². The molecule has 0 aliphatic rings. The Kier molecular flexibility index (Phi) is 3.12. The number of hydrogen-bond donors (Lipinski definition) is 0. The van der Waals surface area contributed by atoms with E-state index < -0.39 is 11.9 Å². The fourth-order valence-electron chi connectivity index (χ4n) is 0.958. The first-order valence-electron chi connectivity index (χ1n) is 4.01. The molecule has 0 aromatic carbocycles. The van der Waals surface area contributed by atoms with Crippen LogP contribution in [0.15, 0.2) is 12.3 Å². The van der Waals surface area contributed by atoms with Crippen molar-refractivity contribution in [2.75, 3.05) is 0 Å². The number of nitriles is 1. The topological polar surface area (TPSA) is 41.6 Å². The van der Waals surface area contributed by atoms with E-state index in [0.29, 0.717) is 19.4 Å². The van der Waals surface area contributed by atoms with Crippen molar-refractivity contribution in [2.45, 2.75) is 25.6 Å². The Bertz CT molecular complexity index is 334. The molecular formula is C8H8F3N3. The summed E-state index contributed by atoms with van der Waals surface area (Å²) in [5.74, 6) is 0. The fraction of sp³-hybridized carbons (Fsp3) is 0.500. The first kappa shape index (κ1) is 10.6. The molecule has 6 heteroatoms. The van der Waals surface area contributed by atoms with Gasteiger partial charge in [0.2, 0.25) is 0 Å². The van der Waals surface area contributed by atoms with E-state index in [-0.39, 0.29) is 0 Å². The van der Waals surface area contributed by atoms with Gasteiger partial charge in [0.15, 0.2) is 5.69 Å². The minimum absolute atomic E-state index is 0.321. The Hall–Kier alpha value is -1.51. The number of aromatic nitrogens is 2. The van der Waals surface area contributed by atoms with Crippen molar-refractivity contribution in [1.29, 1.82) is 5.26 Å². The fourth-order valence-corrected chi connectivity index (χ4v) is 0.958. The minimum atomic E-state index is -4.39. The summed E-state index contributed by atoms with van der Waals surface area (Å²) < 4.78 is 37.4. The molecule has 0 amide bonds. The molecule has 3 nitrogen and oxygen atoms in total. The molecule has 1 aromatic rings. The van der Waals surface area contributed by atoms with Gasteiger partial charge in [-0.25, -0.2) is 0 Å². The summed E-state index contributed by atoms with van der Waals surface area (Å²) in [4.78, 5) is 0. The maximum Gasteiger partial charge on any atom is 0.435 e. The molecule has 1 heterocycles. The number of alkyl halides is 3. The van der Waals surface area contributed by atoms with Crippen molar-refractivity contribution in [3.63, 3.8) is 0 Å². The van der Waals surface area contributed by atoms with Gasteiger partial charge in [0, 0.05) is 19.2 Å². The summed E-state index contributed by atoms with van der Waals surface area (Å²) in [5.41, 5.74) is -0.894. The Morgan fingerprint density at radius 2 is 2.21 bits per heavy atom. The number of unbranched alkanes of at least 4 members (excludes halogenated alkanes) is 1. The van der Waals surface area contributed by atoms with Crippen LogP contribution in [0.3, 0.4) is 0 Å². The van der Waals surface area contributed by atoms with E-state index in [4.69, 9.17) is 5.26 Å². The Labute approximate surface area is 78.8 Å². The predicted octanol–water partition coefficient (Wildman–Crippen LogP) is 2.21. The number of nitrogens with zero attached hydrogens (tertiary/aromatic N) is 3. The lowest BCUT2D eigenvalue weighted by molar-refractivity contribution is -0.141. The highest BCUT2D eigenvalue weighted by molar-refractivity contribution is 5.03. The monoisotopic (exact) mass is 203 g/mol. The van der Waals surface area contributed by atoms with Crippen molar-refractivity contribution in [2.24, 2.45) is 0 Å². The summed E-state index contributed by atoms with van der Waals surface area (Å²) in [6, 6.07) is 2.83. The van der Waals surface area contributed by atoms with Gasteiger partial charge in [0.25, 0.3) is 0 Å². The van der Waals surface area contributed by atoms with Crippen LogP contribution in [-0.2, 0) is 12.7 Å². The summed E-state index contributed by atoms with van der Waals surface area (Å²) in [5, 5.41) is 11.6. The molecule has 0 unspecified atom stereocenters. The molecular weight excluding hydrogens is 195 g/mol. The van der Waals surface area contributed by atoms with Gasteiger partial charge in [0.1, 0.15) is 0 Å². The zero-order valence-electron chi connectivity index (χ0n) is 7.25. The van der Waals surface area contributed by atoms with Crippen molar-refractivity contribution in [3.8, 4) is 6.07 Å². The molecule has 0 aliphatic heterocycles. The van der Waals surface area contributed by atoms with Gasteiger partial charge in [0.05, 0.1) is 6.07 Å². The van der Waals surface area contributed by atoms with Crippen molar-refractivity contribution in [1.82, 2.24) is 9.78 Å². The van der Waals surface area contributed by atoms with E-state index in [1.54, 1.807) is 0 Å². The van der Waals surface area contributed by atoms with E-state index in [2.05, 4.69) is 5.10 Å². The van der Waals surface area contributed by atoms with Crippen LogP contribution in [0.25, 0.3) is 0 Å². The molecule has 0 saturated heterocycles. The van der Waals surface area contributed by atoms with Crippen LogP contribution in [0.5, 0.6) is 0 Å². The first-order valence-corrected chi connectivity index (χ1v) is 4.01. The summed E-state index contributed by atoms with van der Waals surface area (Å²) in [7, 11) is 0. The van der Waals surface area contributed by atoms with E-state index >= 15 is 0 Å². The van der Waals surface area contributed by atoms with Crippen LogP contribution in [0.4, 0.5) is 13.2 Å². The van der Waals surface area contributed by atoms with Crippen molar-refractivity contribution < 1.29 is 13.2 Å². The van der Waals surface area contributed by atoms with Crippen LogP contribution in [0.1, 0.15) is 18.5 Å². The van der Waals surface area contributed by atoms with Crippen LogP contribution >= 0.6 is 0 Å². The van der Waals surface area contributed by atoms with Gasteiger partial charge in [-0.3, -0.25) is 4.68 Å². The quantitative estimate of drug-likeness (QED) is 0.706. The van der Waals surface area contributed by atoms with E-state index in [0.717, 1.165) is 6.07 Å². The van der Waals surface area contributed by atoms with E-state index in [9.17, 15) is 13.2 Å². The van der Waals surface area contributed by atoms with Crippen LogP contribution in [0.2, 0.25) is 0 Å². The highest BCUT2D eigenvalue weighted by Gasteiger charge is 2.33. The summed E-state index contributed by atoms with van der Waals surface area (Å²) in [6.45, 7) is 0.337. The molecule has 0 radical (unpaired) electrons. The van der Waals surface area contributed by atoms with Crippen LogP contribution < -0.4 is 0 Å². The Morgan fingerprint density at radius 1 is 1.50 bits per heavy atom. The number of halogens is 3. The molecule has 76 valence electrons. The highest BCUT2D eigenvalue weighted by atomic mass is 19.4. The maximum atomic E-state index is 12.1. The third-order valence-electron chi connectivity index (χ3n) is 1.61. The SMILES string of the molecule is N#CCCCn1ccc(C(F)(F)F)n1. The van der Waals surface area contributed by atoms with Gasteiger partial charge in [-0.1, -0.05) is 0 Å². The van der Waals surface area contributed by atoms with Gasteiger partial charge in [-0.05, 0) is 12.5 Å².